The van der Waals surface area contributed by atoms with E-state index in [0.29, 0.717) is 0 Å². The second kappa shape index (κ2) is 11.5. The molecule has 0 spiro atoms. The van der Waals surface area contributed by atoms with Gasteiger partial charge in [-0.2, -0.15) is 0 Å². The van der Waals surface area contributed by atoms with E-state index in [0.717, 1.165) is 66.5 Å². The van der Waals surface area contributed by atoms with Crippen molar-refractivity contribution in [3.05, 3.63) is 22.8 Å². The molecule has 4 unspecified atom stereocenters. The highest BCUT2D eigenvalue weighted by Crippen LogP contribution is 2.71. The number of benzene rings is 1. The Kier molecular flexibility index (Phi) is 7.38. The monoisotopic (exact) mass is 737 g/mol. The minimum atomic E-state index is -0.0177. The highest BCUT2D eigenvalue weighted by molar-refractivity contribution is 5.63. The summed E-state index contributed by atoms with van der Waals surface area (Å²) in [5, 5.41) is 0. The molecule has 12 bridgehead atoms. The van der Waals surface area contributed by atoms with Crippen molar-refractivity contribution in [2.24, 2.45) is 64.1 Å². The Morgan fingerprint density at radius 3 is 0.907 bits per heavy atom. The maximum absolute atomic E-state index is 7.85. The van der Waals surface area contributed by atoms with Crippen LogP contribution >= 0.6 is 0 Å². The van der Waals surface area contributed by atoms with Gasteiger partial charge in [-0.25, -0.2) is 0 Å². The maximum atomic E-state index is 7.85. The van der Waals surface area contributed by atoms with Gasteiger partial charge in [-0.15, -0.1) is 0 Å². The summed E-state index contributed by atoms with van der Waals surface area (Å²) in [6.07, 6.45) is 26.5. The second-order valence-electron chi connectivity index (χ2n) is 25.1. The van der Waals surface area contributed by atoms with Gasteiger partial charge < -0.3 is 18.9 Å². The van der Waals surface area contributed by atoms with E-state index in [1.54, 1.807) is 11.1 Å². The first-order chi connectivity index (χ1) is 25.7. The third-order valence-electron chi connectivity index (χ3n) is 18.6. The smallest absolute Gasteiger partial charge is 0.132 e. The predicted molar refractivity (Wildman–Crippen MR) is 213 cm³/mol. The van der Waals surface area contributed by atoms with Crippen LogP contribution in [0.2, 0.25) is 0 Å². The normalized spacial score (nSPS) is 48.7. The lowest BCUT2D eigenvalue weighted by Gasteiger charge is -2.63. The third kappa shape index (κ3) is 5.45. The molecule has 0 amide bonds. The summed E-state index contributed by atoms with van der Waals surface area (Å²) in [7, 11) is 0. The van der Waals surface area contributed by atoms with Gasteiger partial charge in [0.15, 0.2) is 0 Å². The topological polar surface area (TPSA) is 43.5 Å². The molecule has 15 rings (SSSR count). The zero-order valence-corrected chi connectivity index (χ0v) is 34.9. The molecule has 2 saturated heterocycles. The Morgan fingerprint density at radius 2 is 0.685 bits per heavy atom. The molecule has 2 aliphatic heterocycles. The maximum Gasteiger partial charge on any atom is 0.132 e. The number of ether oxygens (including phenoxy) is 4. The number of rotatable bonds is 9. The first-order valence-electron chi connectivity index (χ1n) is 23.5. The molecule has 1 aromatic rings. The Hall–Kier alpha value is -1.26. The lowest BCUT2D eigenvalue weighted by molar-refractivity contribution is -0.0283. The van der Waals surface area contributed by atoms with Crippen LogP contribution in [0.3, 0.4) is 0 Å². The molecule has 14 aliphatic rings. The van der Waals surface area contributed by atoms with Crippen LogP contribution in [0.15, 0.2) is 6.07 Å². The van der Waals surface area contributed by atoms with Crippen molar-refractivity contribution < 1.29 is 18.9 Å². The van der Waals surface area contributed by atoms with Gasteiger partial charge in [0.1, 0.15) is 35.9 Å². The van der Waals surface area contributed by atoms with Gasteiger partial charge in [0, 0.05) is 38.9 Å². The molecule has 1 aromatic carbocycles. The Morgan fingerprint density at radius 1 is 0.444 bits per heavy atom. The Labute approximate surface area is 327 Å². The zero-order chi connectivity index (χ0) is 36.6. The fraction of sp³-hybridized carbons (Fsp3) is 0.880. The largest absolute Gasteiger partial charge is 0.487 e. The minimum absolute atomic E-state index is 0.0177. The van der Waals surface area contributed by atoms with Gasteiger partial charge in [-0.05, 0) is 180 Å². The van der Waals surface area contributed by atoms with Crippen molar-refractivity contribution in [1.82, 2.24) is 0 Å². The van der Waals surface area contributed by atoms with Gasteiger partial charge in [0.25, 0.3) is 0 Å². The van der Waals surface area contributed by atoms with Gasteiger partial charge in [0.05, 0.1) is 13.2 Å². The lowest BCUT2D eigenvalue weighted by atomic mass is 9.41. The first kappa shape index (κ1) is 34.8. The first-order valence-corrected chi connectivity index (χ1v) is 23.5. The van der Waals surface area contributed by atoms with Crippen molar-refractivity contribution >= 4 is 0 Å². The fourth-order valence-corrected chi connectivity index (χ4v) is 18.0. The van der Waals surface area contributed by atoms with Crippen molar-refractivity contribution in [3.8, 4) is 11.5 Å². The fourth-order valence-electron chi connectivity index (χ4n) is 18.0. The van der Waals surface area contributed by atoms with Crippen molar-refractivity contribution in [2.45, 2.75) is 198 Å². The van der Waals surface area contributed by atoms with Crippen LogP contribution in [0.25, 0.3) is 0 Å². The van der Waals surface area contributed by atoms with E-state index in [9.17, 15) is 0 Å². The third-order valence-corrected chi connectivity index (χ3v) is 18.6. The highest BCUT2D eigenvalue weighted by Gasteiger charge is 2.62. The molecule has 12 saturated carbocycles. The summed E-state index contributed by atoms with van der Waals surface area (Å²) in [6, 6.07) is 2.59. The van der Waals surface area contributed by atoms with Crippen molar-refractivity contribution in [2.75, 3.05) is 13.2 Å². The summed E-state index contributed by atoms with van der Waals surface area (Å²) >= 11 is 0. The molecule has 0 N–H and O–H groups in total. The molecular weight excluding hydrogens is 665 g/mol. The SMILES string of the molecule is CC(C)(C)C(Oc1cc(OC(C2CO2)C(C)(C)C)c(C23CC4CC(CC(C4)C2)C3)c(C23CC4CC(CC(C4)C2)C3)c1C12CC3CC(CC(C3)C1)C2)C1CO1. The number of hydrogen-bond acceptors (Lipinski definition) is 4. The van der Waals surface area contributed by atoms with Gasteiger partial charge >= 0.3 is 0 Å². The molecule has 4 atom stereocenters. The molecule has 54 heavy (non-hydrogen) atoms. The number of epoxide rings is 2. The van der Waals surface area contributed by atoms with Crippen molar-refractivity contribution in [1.29, 1.82) is 0 Å². The summed E-state index contributed by atoms with van der Waals surface area (Å²) in [4.78, 5) is 0. The van der Waals surface area contributed by atoms with Crippen LogP contribution in [-0.4, -0.2) is 37.6 Å². The van der Waals surface area contributed by atoms with Gasteiger partial charge in [-0.1, -0.05) is 41.5 Å². The molecule has 14 fully saturated rings. The Bertz CT molecular complexity index is 1480. The predicted octanol–water partition coefficient (Wildman–Crippen LogP) is 11.5. The summed E-state index contributed by atoms with van der Waals surface area (Å²) in [5.41, 5.74) is 6.14. The second-order valence-corrected chi connectivity index (χ2v) is 25.1. The summed E-state index contributed by atoms with van der Waals surface area (Å²) < 4.78 is 28.1. The quantitative estimate of drug-likeness (QED) is 0.237. The minimum Gasteiger partial charge on any atom is -0.487 e. The summed E-state index contributed by atoms with van der Waals surface area (Å²) in [6.45, 7) is 16.0. The molecule has 12 aliphatic carbocycles. The molecule has 4 nitrogen and oxygen atoms in total. The Balaban J connectivity index is 1.16. The lowest BCUT2D eigenvalue weighted by Crippen LogP contribution is -2.55. The summed E-state index contributed by atoms with van der Waals surface area (Å²) in [5.74, 6) is 10.6. The van der Waals surface area contributed by atoms with E-state index in [-0.39, 0.29) is 51.5 Å². The van der Waals surface area contributed by atoms with Crippen LogP contribution < -0.4 is 9.47 Å². The van der Waals surface area contributed by atoms with Crippen LogP contribution in [-0.2, 0) is 25.7 Å². The molecule has 296 valence electrons. The van der Waals surface area contributed by atoms with Gasteiger partial charge in [-0.3, -0.25) is 0 Å². The standard InChI is InChI=1S/C50H72O4/c1-46(2,3)44(39-26-51-39)53-37-16-38(54-45(40-27-52-40)47(4,5)6)42(49-20-31-10-32(21-49)12-33(11-31)22-49)43(50-23-34-13-35(24-50)15-36(14-34)25-50)41(37)48-17-28-7-29(18-48)9-30(8-28)19-48/h16,28-36,39-40,44-45H,7-15,17-27H2,1-6H3. The van der Waals surface area contributed by atoms with E-state index in [4.69, 9.17) is 18.9 Å². The van der Waals surface area contributed by atoms with Crippen molar-refractivity contribution in [3.63, 3.8) is 0 Å². The van der Waals surface area contributed by atoms with E-state index in [1.807, 2.05) is 5.56 Å². The average molecular weight is 737 g/mol. The van der Waals surface area contributed by atoms with E-state index < -0.39 is 0 Å². The number of hydrogen-bond donors (Lipinski definition) is 0. The van der Waals surface area contributed by atoms with E-state index >= 15 is 0 Å². The molecule has 4 heteroatoms. The molecular formula is C50H72O4. The zero-order valence-electron chi connectivity index (χ0n) is 34.9. The van der Waals surface area contributed by atoms with Crippen LogP contribution in [0, 0.1) is 64.1 Å². The van der Waals surface area contributed by atoms with E-state index in [1.165, 1.54) is 127 Å². The van der Waals surface area contributed by atoms with E-state index in [2.05, 4.69) is 47.6 Å². The average Bonchev–Trinajstić information content (AvgIpc) is 3.98. The molecule has 0 radical (unpaired) electrons. The molecule has 0 aromatic heterocycles. The van der Waals surface area contributed by atoms with Crippen LogP contribution in [0.5, 0.6) is 11.5 Å². The van der Waals surface area contributed by atoms with Gasteiger partial charge in [0.2, 0.25) is 0 Å². The molecule has 2 heterocycles. The van der Waals surface area contributed by atoms with Crippen LogP contribution in [0.4, 0.5) is 0 Å². The highest BCUT2D eigenvalue weighted by atomic mass is 16.6. The van der Waals surface area contributed by atoms with Crippen LogP contribution in [0.1, 0.15) is 174 Å².